The van der Waals surface area contributed by atoms with Gasteiger partial charge in [-0.05, 0) is 25.1 Å². The highest BCUT2D eigenvalue weighted by molar-refractivity contribution is 9.10. The predicted molar refractivity (Wildman–Crippen MR) is 70.6 cm³/mol. The van der Waals surface area contributed by atoms with Crippen molar-refractivity contribution < 1.29 is 14.3 Å². The summed E-state index contributed by atoms with van der Waals surface area (Å²) in [6.45, 7) is 1.93. The molecule has 1 rings (SSSR count). The summed E-state index contributed by atoms with van der Waals surface area (Å²) in [7, 11) is 1.57. The lowest BCUT2D eigenvalue weighted by Gasteiger charge is -2.19. The van der Waals surface area contributed by atoms with Gasteiger partial charge in [0.1, 0.15) is 5.82 Å². The molecule has 0 spiro atoms. The zero-order valence-electron chi connectivity index (χ0n) is 10.3. The maximum Gasteiger partial charge on any atom is 0.317 e. The Hall–Kier alpha value is -1.14. The van der Waals surface area contributed by atoms with Crippen LogP contribution in [0.5, 0.6) is 0 Å². The van der Waals surface area contributed by atoms with Gasteiger partial charge in [0.2, 0.25) is 0 Å². The lowest BCUT2D eigenvalue weighted by Crippen LogP contribution is -2.40. The quantitative estimate of drug-likeness (QED) is 0.893. The first-order valence-electron chi connectivity index (χ1n) is 5.51. The standard InChI is InChI=1S/C12H16BrFN2O2/c1-8(17)7-16(2)12(18)15-6-9-5-10(13)3-4-11(9)14/h3-5,8,17H,6-7H2,1-2H3,(H,15,18). The maximum absolute atomic E-state index is 13.4. The third-order valence-electron chi connectivity index (χ3n) is 2.32. The molecule has 0 fully saturated rings. The molecule has 2 N–H and O–H groups in total. The van der Waals surface area contributed by atoms with Gasteiger partial charge in [-0.3, -0.25) is 0 Å². The number of rotatable bonds is 4. The smallest absolute Gasteiger partial charge is 0.317 e. The number of aliphatic hydroxyl groups excluding tert-OH is 1. The number of nitrogens with one attached hydrogen (secondary N) is 1. The Balaban J connectivity index is 2.54. The molecular weight excluding hydrogens is 303 g/mol. The summed E-state index contributed by atoms with van der Waals surface area (Å²) >= 11 is 3.24. The number of carbonyl (C=O) groups excluding carboxylic acids is 1. The van der Waals surface area contributed by atoms with Crippen LogP contribution in [0.2, 0.25) is 0 Å². The van der Waals surface area contributed by atoms with E-state index in [0.29, 0.717) is 5.56 Å². The Labute approximate surface area is 114 Å². The SMILES string of the molecule is CC(O)CN(C)C(=O)NCc1cc(Br)ccc1F. The molecule has 2 amide bonds. The van der Waals surface area contributed by atoms with Crippen LogP contribution in [0.4, 0.5) is 9.18 Å². The predicted octanol–water partition coefficient (Wildman–Crippen LogP) is 2.11. The van der Waals surface area contributed by atoms with Crippen LogP contribution in [0.1, 0.15) is 12.5 Å². The fourth-order valence-corrected chi connectivity index (χ4v) is 1.87. The molecule has 1 atom stereocenters. The van der Waals surface area contributed by atoms with Crippen molar-refractivity contribution in [1.29, 1.82) is 0 Å². The number of likely N-dealkylation sites (N-methyl/N-ethyl adjacent to an activating group) is 1. The van der Waals surface area contributed by atoms with Crippen LogP contribution in [-0.2, 0) is 6.54 Å². The van der Waals surface area contributed by atoms with E-state index in [4.69, 9.17) is 5.11 Å². The van der Waals surface area contributed by atoms with Gasteiger partial charge in [0.05, 0.1) is 6.10 Å². The average Bonchev–Trinajstić information content (AvgIpc) is 2.29. The minimum absolute atomic E-state index is 0.105. The van der Waals surface area contributed by atoms with E-state index in [2.05, 4.69) is 21.2 Å². The topological polar surface area (TPSA) is 52.6 Å². The van der Waals surface area contributed by atoms with Gasteiger partial charge in [-0.25, -0.2) is 9.18 Å². The summed E-state index contributed by atoms with van der Waals surface area (Å²) in [5.41, 5.74) is 0.406. The van der Waals surface area contributed by atoms with Crippen LogP contribution in [0.3, 0.4) is 0 Å². The van der Waals surface area contributed by atoms with Gasteiger partial charge < -0.3 is 15.3 Å². The Morgan fingerprint density at radius 3 is 2.89 bits per heavy atom. The molecule has 0 aromatic heterocycles. The number of urea groups is 1. The van der Waals surface area contributed by atoms with Gasteiger partial charge in [-0.15, -0.1) is 0 Å². The molecule has 18 heavy (non-hydrogen) atoms. The first kappa shape index (κ1) is 14.9. The van der Waals surface area contributed by atoms with E-state index >= 15 is 0 Å². The van der Waals surface area contributed by atoms with E-state index in [9.17, 15) is 9.18 Å². The Morgan fingerprint density at radius 2 is 2.28 bits per heavy atom. The van der Waals surface area contributed by atoms with Crippen molar-refractivity contribution in [3.63, 3.8) is 0 Å². The van der Waals surface area contributed by atoms with E-state index in [0.717, 1.165) is 4.47 Å². The molecule has 0 aliphatic rings. The largest absolute Gasteiger partial charge is 0.392 e. The average molecular weight is 319 g/mol. The van der Waals surface area contributed by atoms with Crippen molar-refractivity contribution in [2.24, 2.45) is 0 Å². The second kappa shape index (κ2) is 6.70. The van der Waals surface area contributed by atoms with E-state index in [1.54, 1.807) is 26.1 Å². The van der Waals surface area contributed by atoms with Crippen molar-refractivity contribution in [2.75, 3.05) is 13.6 Å². The number of amides is 2. The molecule has 4 nitrogen and oxygen atoms in total. The number of benzene rings is 1. The van der Waals surface area contributed by atoms with Crippen LogP contribution in [0, 0.1) is 5.82 Å². The van der Waals surface area contributed by atoms with E-state index in [1.807, 2.05) is 0 Å². The molecule has 6 heteroatoms. The fraction of sp³-hybridized carbons (Fsp3) is 0.417. The van der Waals surface area contributed by atoms with Crippen LogP contribution >= 0.6 is 15.9 Å². The highest BCUT2D eigenvalue weighted by Gasteiger charge is 2.11. The molecule has 1 aromatic rings. The number of nitrogens with zero attached hydrogens (tertiary/aromatic N) is 1. The van der Waals surface area contributed by atoms with E-state index in [-0.39, 0.29) is 24.9 Å². The van der Waals surface area contributed by atoms with Gasteiger partial charge in [0.15, 0.2) is 0 Å². The number of hydrogen-bond donors (Lipinski definition) is 2. The molecule has 0 bridgehead atoms. The first-order valence-corrected chi connectivity index (χ1v) is 6.30. The van der Waals surface area contributed by atoms with Crippen LogP contribution in [0.25, 0.3) is 0 Å². The number of halogens is 2. The number of carbonyl (C=O) groups is 1. The van der Waals surface area contributed by atoms with Crippen molar-refractivity contribution in [3.05, 3.63) is 34.1 Å². The Bertz CT molecular complexity index is 427. The summed E-state index contributed by atoms with van der Waals surface area (Å²) in [4.78, 5) is 13.0. The lowest BCUT2D eigenvalue weighted by atomic mass is 10.2. The summed E-state index contributed by atoms with van der Waals surface area (Å²) in [6.07, 6.45) is -0.594. The zero-order valence-corrected chi connectivity index (χ0v) is 11.9. The van der Waals surface area contributed by atoms with Crippen LogP contribution in [-0.4, -0.2) is 35.7 Å². The highest BCUT2D eigenvalue weighted by Crippen LogP contribution is 2.15. The fourth-order valence-electron chi connectivity index (χ4n) is 1.46. The normalized spacial score (nSPS) is 12.1. The van der Waals surface area contributed by atoms with Gasteiger partial charge in [-0.2, -0.15) is 0 Å². The molecule has 0 saturated carbocycles. The second-order valence-corrected chi connectivity index (χ2v) is 5.04. The summed E-state index contributed by atoms with van der Waals surface area (Å²) in [6, 6.07) is 4.20. The third kappa shape index (κ3) is 4.62. The molecule has 0 aliphatic carbocycles. The Kier molecular flexibility index (Phi) is 5.55. The van der Waals surface area contributed by atoms with E-state index < -0.39 is 6.10 Å². The number of hydrogen-bond acceptors (Lipinski definition) is 2. The number of aliphatic hydroxyl groups is 1. The van der Waals surface area contributed by atoms with E-state index in [1.165, 1.54) is 11.0 Å². The molecule has 0 heterocycles. The van der Waals surface area contributed by atoms with Crippen molar-refractivity contribution in [2.45, 2.75) is 19.6 Å². The van der Waals surface area contributed by atoms with Crippen molar-refractivity contribution in [1.82, 2.24) is 10.2 Å². The summed E-state index contributed by atoms with van der Waals surface area (Å²) < 4.78 is 14.2. The first-order chi connectivity index (χ1) is 8.40. The maximum atomic E-state index is 13.4. The van der Waals surface area contributed by atoms with Crippen molar-refractivity contribution >= 4 is 22.0 Å². The van der Waals surface area contributed by atoms with Crippen molar-refractivity contribution in [3.8, 4) is 0 Å². The van der Waals surface area contributed by atoms with Gasteiger partial charge >= 0.3 is 6.03 Å². The van der Waals surface area contributed by atoms with Crippen LogP contribution < -0.4 is 5.32 Å². The molecule has 1 aromatic carbocycles. The molecule has 1 unspecified atom stereocenters. The third-order valence-corrected chi connectivity index (χ3v) is 2.82. The monoisotopic (exact) mass is 318 g/mol. The summed E-state index contributed by atoms with van der Waals surface area (Å²) in [5, 5.41) is 11.7. The molecular formula is C12H16BrFN2O2. The zero-order chi connectivity index (χ0) is 13.7. The molecule has 0 aliphatic heterocycles. The van der Waals surface area contributed by atoms with Gasteiger partial charge in [0.25, 0.3) is 0 Å². The highest BCUT2D eigenvalue weighted by atomic mass is 79.9. The minimum atomic E-state index is -0.594. The minimum Gasteiger partial charge on any atom is -0.392 e. The lowest BCUT2D eigenvalue weighted by molar-refractivity contribution is 0.143. The molecule has 0 saturated heterocycles. The molecule has 0 radical (unpaired) electrons. The Morgan fingerprint density at radius 1 is 1.61 bits per heavy atom. The van der Waals surface area contributed by atoms with Gasteiger partial charge in [-0.1, -0.05) is 15.9 Å². The second-order valence-electron chi connectivity index (χ2n) is 4.12. The van der Waals surface area contributed by atoms with Crippen LogP contribution in [0.15, 0.2) is 22.7 Å². The van der Waals surface area contributed by atoms with Gasteiger partial charge in [0, 0.05) is 30.2 Å². The molecule has 100 valence electrons. The summed E-state index contributed by atoms with van der Waals surface area (Å²) in [5.74, 6) is -0.364.